The Morgan fingerprint density at radius 1 is 1.26 bits per heavy atom. The van der Waals surface area contributed by atoms with E-state index in [1.54, 1.807) is 29.1 Å². The van der Waals surface area contributed by atoms with Gasteiger partial charge in [0.05, 0.1) is 30.3 Å². The normalized spacial score (nSPS) is 11.2. The Morgan fingerprint density at radius 2 is 2.06 bits per heavy atom. The van der Waals surface area contributed by atoms with Gasteiger partial charge in [-0.1, -0.05) is 17.3 Å². The van der Waals surface area contributed by atoms with E-state index in [-0.39, 0.29) is 11.6 Å². The minimum Gasteiger partial charge on any atom is -0.493 e. The summed E-state index contributed by atoms with van der Waals surface area (Å²) in [7, 11) is 0. The lowest BCUT2D eigenvalue weighted by Crippen LogP contribution is -2.23. The number of rotatable bonds is 7. The van der Waals surface area contributed by atoms with Gasteiger partial charge in [-0.15, -0.1) is 0 Å². The molecule has 0 fully saturated rings. The Kier molecular flexibility index (Phi) is 5.20. The van der Waals surface area contributed by atoms with E-state index in [4.69, 9.17) is 10.3 Å². The van der Waals surface area contributed by atoms with Crippen molar-refractivity contribution in [2.75, 3.05) is 0 Å². The van der Waals surface area contributed by atoms with Crippen molar-refractivity contribution in [1.29, 1.82) is 0 Å². The summed E-state index contributed by atoms with van der Waals surface area (Å²) in [5, 5.41) is 18.6. The summed E-state index contributed by atoms with van der Waals surface area (Å²) < 4.78 is 9.43. The van der Waals surface area contributed by atoms with E-state index in [1.807, 2.05) is 19.9 Å². The van der Waals surface area contributed by atoms with Crippen molar-refractivity contribution in [2.24, 2.45) is 5.73 Å². The molecule has 0 radical (unpaired) electrons. The maximum absolute atomic E-state index is 12.9. The zero-order chi connectivity index (χ0) is 22.1. The van der Waals surface area contributed by atoms with Gasteiger partial charge in [0.15, 0.2) is 0 Å². The predicted molar refractivity (Wildman–Crippen MR) is 111 cm³/mol. The van der Waals surface area contributed by atoms with Crippen LogP contribution in [0.3, 0.4) is 0 Å². The first-order chi connectivity index (χ1) is 14.8. The summed E-state index contributed by atoms with van der Waals surface area (Å²) in [5.74, 6) is 0.0188. The third kappa shape index (κ3) is 4.00. The number of carbonyl (C=O) groups excluding carboxylic acids is 1. The molecule has 4 aromatic rings. The molecule has 0 spiro atoms. The number of aromatic nitrogens is 5. The highest BCUT2D eigenvalue weighted by atomic mass is 16.5. The van der Waals surface area contributed by atoms with Crippen molar-refractivity contribution in [1.82, 2.24) is 24.1 Å². The number of primary amides is 1. The third-order valence-corrected chi connectivity index (χ3v) is 5.17. The topological polar surface area (TPSA) is 134 Å². The molecule has 3 N–H and O–H groups in total. The van der Waals surface area contributed by atoms with Crippen molar-refractivity contribution in [3.8, 4) is 11.6 Å². The number of nitrogens with two attached hydrogens (primary N) is 1. The number of carbonyl (C=O) groups is 1. The van der Waals surface area contributed by atoms with E-state index in [0.717, 1.165) is 16.8 Å². The van der Waals surface area contributed by atoms with E-state index in [0.29, 0.717) is 36.5 Å². The van der Waals surface area contributed by atoms with Crippen LogP contribution < -0.4 is 11.4 Å². The van der Waals surface area contributed by atoms with Gasteiger partial charge >= 0.3 is 5.69 Å². The number of hydrogen-bond donors (Lipinski definition) is 2. The molecule has 0 unspecified atom stereocenters. The first-order valence-corrected chi connectivity index (χ1v) is 9.68. The predicted octanol–water partition coefficient (Wildman–Crippen LogP) is 1.54. The standard InChI is InChI=1S/C21H22N6O4/c1-13-18(14(2)31-24-13)11-26-10-17(9-23-26)27-19(28)12-25(21(27)30)7-6-15-4-3-5-16(8-15)20(22)29/h3-5,8-10,12,28H,6-7,11H2,1-2H3,(H2,22,29). The molecular weight excluding hydrogens is 400 g/mol. The number of imidazole rings is 1. The molecule has 31 heavy (non-hydrogen) atoms. The average molecular weight is 422 g/mol. The Balaban J connectivity index is 1.54. The quantitative estimate of drug-likeness (QED) is 0.464. The van der Waals surface area contributed by atoms with Crippen LogP contribution in [0.15, 0.2) is 52.2 Å². The molecule has 160 valence electrons. The fourth-order valence-electron chi connectivity index (χ4n) is 3.46. The van der Waals surface area contributed by atoms with Crippen LogP contribution in [0, 0.1) is 13.8 Å². The van der Waals surface area contributed by atoms with Crippen LogP contribution in [0.1, 0.15) is 32.9 Å². The first kappa shape index (κ1) is 20.2. The summed E-state index contributed by atoms with van der Waals surface area (Å²) in [6, 6.07) is 6.94. The second-order valence-corrected chi connectivity index (χ2v) is 7.31. The van der Waals surface area contributed by atoms with Crippen LogP contribution in [0.4, 0.5) is 0 Å². The number of amides is 1. The van der Waals surface area contributed by atoms with Crippen LogP contribution in [-0.4, -0.2) is 35.1 Å². The smallest absolute Gasteiger partial charge is 0.335 e. The monoisotopic (exact) mass is 422 g/mol. The van der Waals surface area contributed by atoms with Gasteiger partial charge in [0.2, 0.25) is 11.8 Å². The maximum atomic E-state index is 12.9. The molecule has 10 heteroatoms. The van der Waals surface area contributed by atoms with E-state index in [1.165, 1.54) is 21.5 Å². The Labute approximate surface area is 177 Å². The molecule has 4 rings (SSSR count). The zero-order valence-electron chi connectivity index (χ0n) is 17.1. The largest absolute Gasteiger partial charge is 0.493 e. The molecule has 0 aliphatic rings. The summed E-state index contributed by atoms with van der Waals surface area (Å²) in [4.78, 5) is 24.2. The van der Waals surface area contributed by atoms with Crippen LogP contribution in [0.2, 0.25) is 0 Å². The second-order valence-electron chi connectivity index (χ2n) is 7.31. The molecular formula is C21H22N6O4. The Bertz CT molecular complexity index is 1290. The molecule has 10 nitrogen and oxygen atoms in total. The number of aromatic hydroxyl groups is 1. The highest BCUT2D eigenvalue weighted by molar-refractivity contribution is 5.92. The molecule has 0 saturated heterocycles. The lowest BCUT2D eigenvalue weighted by Gasteiger charge is -2.04. The van der Waals surface area contributed by atoms with E-state index in [2.05, 4.69) is 10.3 Å². The van der Waals surface area contributed by atoms with Crippen LogP contribution in [-0.2, 0) is 19.5 Å². The summed E-state index contributed by atoms with van der Waals surface area (Å²) in [6.07, 6.45) is 5.06. The molecule has 0 aliphatic carbocycles. The van der Waals surface area contributed by atoms with Crippen molar-refractivity contribution in [3.63, 3.8) is 0 Å². The summed E-state index contributed by atoms with van der Waals surface area (Å²) in [5.41, 5.74) is 8.35. The van der Waals surface area contributed by atoms with E-state index in [9.17, 15) is 14.7 Å². The van der Waals surface area contributed by atoms with Crippen molar-refractivity contribution >= 4 is 5.91 Å². The Morgan fingerprint density at radius 3 is 2.77 bits per heavy atom. The minimum absolute atomic E-state index is 0.187. The molecule has 1 amide bonds. The summed E-state index contributed by atoms with van der Waals surface area (Å²) in [6.45, 7) is 4.45. The fourth-order valence-corrected chi connectivity index (χ4v) is 3.46. The molecule has 3 aromatic heterocycles. The lowest BCUT2D eigenvalue weighted by molar-refractivity contribution is 0.1000. The molecule has 0 aliphatic heterocycles. The highest BCUT2D eigenvalue weighted by Crippen LogP contribution is 2.17. The Hall–Kier alpha value is -4.08. The molecule has 0 bridgehead atoms. The number of nitrogens with zero attached hydrogens (tertiary/aromatic N) is 5. The first-order valence-electron chi connectivity index (χ1n) is 9.68. The van der Waals surface area contributed by atoms with Gasteiger partial charge < -0.3 is 15.4 Å². The number of benzene rings is 1. The van der Waals surface area contributed by atoms with Gasteiger partial charge in [-0.3, -0.25) is 14.0 Å². The van der Waals surface area contributed by atoms with Crippen molar-refractivity contribution < 1.29 is 14.4 Å². The van der Waals surface area contributed by atoms with Gasteiger partial charge in [-0.25, -0.2) is 9.36 Å². The van der Waals surface area contributed by atoms with Gasteiger partial charge in [-0.05, 0) is 38.0 Å². The number of hydrogen-bond acceptors (Lipinski definition) is 6. The van der Waals surface area contributed by atoms with E-state index < -0.39 is 5.91 Å². The van der Waals surface area contributed by atoms with Gasteiger partial charge in [0, 0.05) is 23.9 Å². The average Bonchev–Trinajstić information content (AvgIpc) is 3.40. The van der Waals surface area contributed by atoms with Gasteiger partial charge in [0.25, 0.3) is 0 Å². The second kappa shape index (κ2) is 7.98. The summed E-state index contributed by atoms with van der Waals surface area (Å²) >= 11 is 0. The molecule has 1 aromatic carbocycles. The minimum atomic E-state index is -0.503. The maximum Gasteiger partial charge on any atom is 0.335 e. The molecule has 0 atom stereocenters. The van der Waals surface area contributed by atoms with Gasteiger partial charge in [0.1, 0.15) is 5.76 Å². The highest BCUT2D eigenvalue weighted by Gasteiger charge is 2.16. The van der Waals surface area contributed by atoms with Crippen molar-refractivity contribution in [2.45, 2.75) is 33.4 Å². The fraction of sp³-hybridized carbons (Fsp3) is 0.238. The molecule has 0 saturated carbocycles. The van der Waals surface area contributed by atoms with Crippen LogP contribution in [0.25, 0.3) is 5.69 Å². The van der Waals surface area contributed by atoms with Gasteiger partial charge in [-0.2, -0.15) is 5.10 Å². The third-order valence-electron chi connectivity index (χ3n) is 5.17. The zero-order valence-corrected chi connectivity index (χ0v) is 17.1. The number of aryl methyl sites for hydroxylation is 4. The SMILES string of the molecule is Cc1noc(C)c1Cn1cc(-n2c(O)cn(CCc3cccc(C(N)=O)c3)c2=O)cn1. The van der Waals surface area contributed by atoms with Crippen LogP contribution in [0.5, 0.6) is 5.88 Å². The van der Waals surface area contributed by atoms with Crippen molar-refractivity contribution in [3.05, 3.63) is 81.5 Å². The van der Waals surface area contributed by atoms with E-state index >= 15 is 0 Å². The molecule has 3 heterocycles. The lowest BCUT2D eigenvalue weighted by atomic mass is 10.1. The van der Waals surface area contributed by atoms with Crippen LogP contribution >= 0.6 is 0 Å².